The predicted molar refractivity (Wildman–Crippen MR) is 104 cm³/mol. The molecule has 2 rings (SSSR count). The number of carbonyl (C=O) groups is 3. The van der Waals surface area contributed by atoms with Gasteiger partial charge in [0.2, 0.25) is 5.91 Å². The summed E-state index contributed by atoms with van der Waals surface area (Å²) < 4.78 is 0. The molecule has 27 heavy (non-hydrogen) atoms. The summed E-state index contributed by atoms with van der Waals surface area (Å²) >= 11 is 0. The van der Waals surface area contributed by atoms with Gasteiger partial charge in [-0.3, -0.25) is 9.59 Å². The fraction of sp³-hybridized carbons (Fsp3) is 0.250. The van der Waals surface area contributed by atoms with E-state index in [0.717, 1.165) is 5.56 Å². The van der Waals surface area contributed by atoms with Crippen molar-refractivity contribution in [2.75, 3.05) is 10.6 Å². The average molecular weight is 369 g/mol. The molecule has 142 valence electrons. The van der Waals surface area contributed by atoms with Crippen LogP contribution in [-0.4, -0.2) is 29.1 Å². The number of rotatable bonds is 8. The Morgan fingerprint density at radius 1 is 0.963 bits per heavy atom. The van der Waals surface area contributed by atoms with Gasteiger partial charge < -0.3 is 21.1 Å². The number of benzene rings is 2. The van der Waals surface area contributed by atoms with Crippen molar-refractivity contribution in [1.29, 1.82) is 0 Å². The molecule has 4 N–H and O–H groups in total. The van der Waals surface area contributed by atoms with E-state index in [1.807, 2.05) is 30.3 Å². The van der Waals surface area contributed by atoms with E-state index in [-0.39, 0.29) is 18.4 Å². The first-order valence-electron chi connectivity index (χ1n) is 8.63. The van der Waals surface area contributed by atoms with Crippen LogP contribution in [0.3, 0.4) is 0 Å². The Balaban J connectivity index is 1.99. The van der Waals surface area contributed by atoms with Crippen molar-refractivity contribution in [3.8, 4) is 0 Å². The topological polar surface area (TPSA) is 108 Å². The molecule has 0 saturated carbocycles. The minimum absolute atomic E-state index is 0.0319. The maximum Gasteiger partial charge on any atom is 0.319 e. The van der Waals surface area contributed by atoms with E-state index in [9.17, 15) is 14.4 Å². The van der Waals surface area contributed by atoms with Gasteiger partial charge in [-0.2, -0.15) is 0 Å². The Morgan fingerprint density at radius 3 is 2.26 bits per heavy atom. The normalized spacial score (nSPS) is 11.3. The lowest BCUT2D eigenvalue weighted by molar-refractivity contribution is -0.137. The van der Waals surface area contributed by atoms with Gasteiger partial charge in [0.1, 0.15) is 0 Å². The molecule has 7 nitrogen and oxygen atoms in total. The van der Waals surface area contributed by atoms with Crippen LogP contribution >= 0.6 is 0 Å². The summed E-state index contributed by atoms with van der Waals surface area (Å²) in [4.78, 5) is 34.4. The summed E-state index contributed by atoms with van der Waals surface area (Å²) in [7, 11) is 0. The molecular weight excluding hydrogens is 346 g/mol. The fourth-order valence-corrected chi connectivity index (χ4v) is 2.65. The highest BCUT2D eigenvalue weighted by Crippen LogP contribution is 2.15. The van der Waals surface area contributed by atoms with Crippen molar-refractivity contribution < 1.29 is 19.5 Å². The van der Waals surface area contributed by atoms with Gasteiger partial charge in [-0.25, -0.2) is 4.79 Å². The van der Waals surface area contributed by atoms with E-state index in [1.165, 1.54) is 6.92 Å². The highest BCUT2D eigenvalue weighted by Gasteiger charge is 2.15. The zero-order valence-corrected chi connectivity index (χ0v) is 15.1. The van der Waals surface area contributed by atoms with Gasteiger partial charge >= 0.3 is 12.0 Å². The minimum atomic E-state index is -0.904. The summed E-state index contributed by atoms with van der Waals surface area (Å²) in [6.45, 7) is 1.41. The van der Waals surface area contributed by atoms with Crippen molar-refractivity contribution >= 4 is 29.3 Å². The van der Waals surface area contributed by atoms with Gasteiger partial charge in [0.15, 0.2) is 0 Å². The molecule has 0 aliphatic carbocycles. The third kappa shape index (κ3) is 7.60. The van der Waals surface area contributed by atoms with Crippen LogP contribution in [0.4, 0.5) is 16.2 Å². The Bertz CT molecular complexity index is 793. The van der Waals surface area contributed by atoms with Crippen LogP contribution in [0, 0.1) is 0 Å². The second-order valence-corrected chi connectivity index (χ2v) is 6.18. The van der Waals surface area contributed by atoms with Gasteiger partial charge in [-0.05, 0) is 36.6 Å². The number of nitrogens with one attached hydrogen (secondary N) is 3. The Morgan fingerprint density at radius 2 is 1.63 bits per heavy atom. The van der Waals surface area contributed by atoms with Crippen LogP contribution in [0.15, 0.2) is 54.6 Å². The first-order chi connectivity index (χ1) is 12.9. The van der Waals surface area contributed by atoms with E-state index in [1.54, 1.807) is 24.3 Å². The number of hydrogen-bond acceptors (Lipinski definition) is 3. The van der Waals surface area contributed by atoms with Crippen LogP contribution in [0.25, 0.3) is 0 Å². The first kappa shape index (κ1) is 20.0. The van der Waals surface area contributed by atoms with E-state index in [0.29, 0.717) is 24.2 Å². The quantitative estimate of drug-likeness (QED) is 0.573. The highest BCUT2D eigenvalue weighted by molar-refractivity contribution is 5.92. The van der Waals surface area contributed by atoms with Crippen LogP contribution in [0.1, 0.15) is 25.3 Å². The molecule has 0 radical (unpaired) electrons. The van der Waals surface area contributed by atoms with Crippen molar-refractivity contribution in [3.05, 3.63) is 60.2 Å². The predicted octanol–water partition coefficient (Wildman–Crippen LogP) is 3.24. The average Bonchev–Trinajstić information content (AvgIpc) is 2.60. The van der Waals surface area contributed by atoms with Crippen molar-refractivity contribution in [2.45, 2.75) is 32.2 Å². The third-order valence-electron chi connectivity index (χ3n) is 3.81. The third-order valence-corrected chi connectivity index (χ3v) is 3.81. The van der Waals surface area contributed by atoms with Gasteiger partial charge in [-0.1, -0.05) is 36.4 Å². The summed E-state index contributed by atoms with van der Waals surface area (Å²) in [5, 5.41) is 17.1. The van der Waals surface area contributed by atoms with Gasteiger partial charge in [0.05, 0.1) is 0 Å². The zero-order chi connectivity index (χ0) is 19.6. The molecule has 0 saturated heterocycles. The smallest absolute Gasteiger partial charge is 0.319 e. The van der Waals surface area contributed by atoms with E-state index in [4.69, 9.17) is 5.11 Å². The van der Waals surface area contributed by atoms with Crippen LogP contribution in [-0.2, 0) is 16.0 Å². The second-order valence-electron chi connectivity index (χ2n) is 6.18. The number of carboxylic acid groups (broad SMARTS) is 1. The molecule has 0 spiro atoms. The summed E-state index contributed by atoms with van der Waals surface area (Å²) in [5.74, 6) is -1.11. The lowest BCUT2D eigenvalue weighted by atomic mass is 10.0. The van der Waals surface area contributed by atoms with E-state index in [2.05, 4.69) is 16.0 Å². The fourth-order valence-electron chi connectivity index (χ4n) is 2.65. The number of amides is 3. The standard InChI is InChI=1S/C20H23N3O4/c1-14(24)21-16-8-5-9-17(13-16)22-20(27)23-18(10-11-19(25)26)12-15-6-3-2-4-7-15/h2-9,13,18H,10-12H2,1H3,(H,21,24)(H,25,26)(H2,22,23,27). The Kier molecular flexibility index (Phi) is 7.37. The molecule has 7 heteroatoms. The maximum absolute atomic E-state index is 12.3. The second kappa shape index (κ2) is 9.96. The summed E-state index contributed by atoms with van der Waals surface area (Å²) in [6.07, 6.45) is 0.826. The molecule has 0 aliphatic rings. The molecule has 0 fully saturated rings. The van der Waals surface area contributed by atoms with Crippen molar-refractivity contribution in [2.24, 2.45) is 0 Å². The van der Waals surface area contributed by atoms with Gasteiger partial charge in [-0.15, -0.1) is 0 Å². The van der Waals surface area contributed by atoms with Crippen LogP contribution < -0.4 is 16.0 Å². The maximum atomic E-state index is 12.3. The van der Waals surface area contributed by atoms with Crippen LogP contribution in [0.5, 0.6) is 0 Å². The number of urea groups is 1. The van der Waals surface area contributed by atoms with E-state index >= 15 is 0 Å². The lowest BCUT2D eigenvalue weighted by Gasteiger charge is -2.19. The Hall–Kier alpha value is -3.35. The number of anilines is 2. The molecular formula is C20H23N3O4. The number of carbonyl (C=O) groups excluding carboxylic acids is 2. The van der Waals surface area contributed by atoms with Crippen molar-refractivity contribution in [1.82, 2.24) is 5.32 Å². The largest absolute Gasteiger partial charge is 0.481 e. The van der Waals surface area contributed by atoms with Crippen LogP contribution in [0.2, 0.25) is 0 Å². The SMILES string of the molecule is CC(=O)Nc1cccc(NC(=O)NC(CCC(=O)O)Cc2ccccc2)c1. The first-order valence-corrected chi connectivity index (χ1v) is 8.63. The number of aliphatic carboxylic acids is 1. The highest BCUT2D eigenvalue weighted by atomic mass is 16.4. The van der Waals surface area contributed by atoms with Gasteiger partial charge in [0, 0.05) is 30.8 Å². The van der Waals surface area contributed by atoms with Gasteiger partial charge in [0.25, 0.3) is 0 Å². The summed E-state index contributed by atoms with van der Waals surface area (Å²) in [5.41, 5.74) is 2.11. The summed E-state index contributed by atoms with van der Waals surface area (Å²) in [6, 6.07) is 15.6. The number of carboxylic acids is 1. The molecule has 0 aromatic heterocycles. The Labute approximate surface area is 157 Å². The minimum Gasteiger partial charge on any atom is -0.481 e. The molecule has 0 aliphatic heterocycles. The molecule has 2 aromatic rings. The molecule has 3 amide bonds. The monoisotopic (exact) mass is 369 g/mol. The number of hydrogen-bond donors (Lipinski definition) is 4. The lowest BCUT2D eigenvalue weighted by Crippen LogP contribution is -2.39. The van der Waals surface area contributed by atoms with E-state index < -0.39 is 12.0 Å². The molecule has 1 atom stereocenters. The molecule has 2 aromatic carbocycles. The molecule has 0 heterocycles. The molecule has 1 unspecified atom stereocenters. The molecule has 0 bridgehead atoms. The van der Waals surface area contributed by atoms with Crippen molar-refractivity contribution in [3.63, 3.8) is 0 Å². The zero-order valence-electron chi connectivity index (χ0n) is 15.1.